The zero-order valence-corrected chi connectivity index (χ0v) is 13.3. The van der Waals surface area contributed by atoms with Crippen molar-refractivity contribution < 1.29 is 13.9 Å². The minimum Gasteiger partial charge on any atom is -0.439 e. The second-order valence-corrected chi connectivity index (χ2v) is 5.77. The first-order valence-corrected chi connectivity index (χ1v) is 8.08. The number of ether oxygens (including phenoxy) is 1. The van der Waals surface area contributed by atoms with Gasteiger partial charge < -0.3 is 15.4 Å². The van der Waals surface area contributed by atoms with Crippen LogP contribution < -0.4 is 15.4 Å². The predicted molar refractivity (Wildman–Crippen MR) is 88.2 cm³/mol. The molecule has 3 rings (SSSR count). The Kier molecular flexibility index (Phi) is 5.38. The Morgan fingerprint density at radius 2 is 2.12 bits per heavy atom. The van der Waals surface area contributed by atoms with Crippen LogP contribution >= 0.6 is 0 Å². The Bertz CT molecular complexity index is 702. The van der Waals surface area contributed by atoms with Crippen molar-refractivity contribution in [2.75, 3.05) is 13.1 Å². The number of amides is 1. The summed E-state index contributed by atoms with van der Waals surface area (Å²) in [6.07, 6.45) is 3.31. The molecule has 1 amide bonds. The van der Waals surface area contributed by atoms with E-state index in [-0.39, 0.29) is 17.6 Å². The molecule has 0 aliphatic carbocycles. The van der Waals surface area contributed by atoms with Crippen LogP contribution in [0.3, 0.4) is 0 Å². The summed E-state index contributed by atoms with van der Waals surface area (Å²) in [4.78, 5) is 16.4. The first-order valence-electron chi connectivity index (χ1n) is 8.08. The van der Waals surface area contributed by atoms with Crippen LogP contribution in [0.2, 0.25) is 0 Å². The molecular formula is C18H20FN3O2. The van der Waals surface area contributed by atoms with Gasteiger partial charge in [-0.2, -0.15) is 0 Å². The normalized spacial score (nSPS) is 15.0. The van der Waals surface area contributed by atoms with E-state index in [1.807, 2.05) is 6.07 Å². The summed E-state index contributed by atoms with van der Waals surface area (Å²) in [5.41, 5.74) is 0.754. The Balaban J connectivity index is 1.64. The average molecular weight is 329 g/mol. The summed E-state index contributed by atoms with van der Waals surface area (Å²) in [7, 11) is 0. The van der Waals surface area contributed by atoms with E-state index in [1.165, 1.54) is 12.1 Å². The van der Waals surface area contributed by atoms with Crippen molar-refractivity contribution >= 4 is 5.91 Å². The fraction of sp³-hybridized carbons (Fsp3) is 0.333. The molecule has 0 atom stereocenters. The van der Waals surface area contributed by atoms with E-state index in [2.05, 4.69) is 15.6 Å². The van der Waals surface area contributed by atoms with Crippen molar-refractivity contribution in [2.24, 2.45) is 5.92 Å². The van der Waals surface area contributed by atoms with Crippen LogP contribution in [0.1, 0.15) is 18.4 Å². The lowest BCUT2D eigenvalue weighted by atomic mass is 9.97. The molecule has 1 saturated heterocycles. The lowest BCUT2D eigenvalue weighted by Crippen LogP contribution is -2.37. The molecule has 24 heavy (non-hydrogen) atoms. The van der Waals surface area contributed by atoms with Gasteiger partial charge in [-0.1, -0.05) is 12.1 Å². The fourth-order valence-corrected chi connectivity index (χ4v) is 2.70. The van der Waals surface area contributed by atoms with Crippen molar-refractivity contribution in [2.45, 2.75) is 19.4 Å². The van der Waals surface area contributed by atoms with E-state index in [9.17, 15) is 9.18 Å². The van der Waals surface area contributed by atoms with Gasteiger partial charge in [0.25, 0.3) is 0 Å². The second-order valence-electron chi connectivity index (χ2n) is 5.77. The van der Waals surface area contributed by atoms with Crippen molar-refractivity contribution in [1.82, 2.24) is 15.6 Å². The highest BCUT2D eigenvalue weighted by Gasteiger charge is 2.20. The van der Waals surface area contributed by atoms with Crippen molar-refractivity contribution in [3.05, 3.63) is 54.0 Å². The Labute approximate surface area is 140 Å². The molecule has 0 unspecified atom stereocenters. The van der Waals surface area contributed by atoms with Crippen LogP contribution in [-0.2, 0) is 11.3 Å². The quantitative estimate of drug-likeness (QED) is 0.885. The van der Waals surface area contributed by atoms with Crippen LogP contribution in [-0.4, -0.2) is 24.0 Å². The molecule has 1 aliphatic heterocycles. The third kappa shape index (κ3) is 4.29. The van der Waals surface area contributed by atoms with E-state index in [4.69, 9.17) is 4.74 Å². The topological polar surface area (TPSA) is 63.2 Å². The minimum absolute atomic E-state index is 0.0514. The summed E-state index contributed by atoms with van der Waals surface area (Å²) < 4.78 is 18.9. The maximum atomic E-state index is 13.3. The van der Waals surface area contributed by atoms with Gasteiger partial charge >= 0.3 is 0 Å². The smallest absolute Gasteiger partial charge is 0.224 e. The Morgan fingerprint density at radius 1 is 1.29 bits per heavy atom. The number of piperidine rings is 1. The van der Waals surface area contributed by atoms with Crippen LogP contribution in [0.5, 0.6) is 11.6 Å². The van der Waals surface area contributed by atoms with Crippen LogP contribution in [0.4, 0.5) is 4.39 Å². The molecule has 0 saturated carbocycles. The zero-order valence-electron chi connectivity index (χ0n) is 13.3. The van der Waals surface area contributed by atoms with Crippen LogP contribution in [0.15, 0.2) is 42.6 Å². The molecule has 1 aromatic heterocycles. The molecule has 0 spiro atoms. The third-order valence-corrected chi connectivity index (χ3v) is 4.02. The highest BCUT2D eigenvalue weighted by molar-refractivity contribution is 5.78. The zero-order chi connectivity index (χ0) is 16.8. The number of aromatic nitrogens is 1. The number of hydrogen-bond acceptors (Lipinski definition) is 4. The van der Waals surface area contributed by atoms with Gasteiger partial charge in [0, 0.05) is 30.3 Å². The van der Waals surface area contributed by atoms with E-state index < -0.39 is 0 Å². The lowest BCUT2D eigenvalue weighted by molar-refractivity contribution is -0.125. The Morgan fingerprint density at radius 3 is 2.92 bits per heavy atom. The predicted octanol–water partition coefficient (Wildman–Crippen LogP) is 2.63. The highest BCUT2D eigenvalue weighted by Crippen LogP contribution is 2.23. The summed E-state index contributed by atoms with van der Waals surface area (Å²) in [5.74, 6) is 0.477. The summed E-state index contributed by atoms with van der Waals surface area (Å²) >= 11 is 0. The fourth-order valence-electron chi connectivity index (χ4n) is 2.70. The number of nitrogens with one attached hydrogen (secondary N) is 2. The maximum Gasteiger partial charge on any atom is 0.224 e. The number of hydrogen-bond donors (Lipinski definition) is 2. The van der Waals surface area contributed by atoms with Gasteiger partial charge in [-0.3, -0.25) is 4.79 Å². The van der Waals surface area contributed by atoms with E-state index >= 15 is 0 Å². The first kappa shape index (κ1) is 16.4. The van der Waals surface area contributed by atoms with Crippen LogP contribution in [0.25, 0.3) is 0 Å². The molecular weight excluding hydrogens is 309 g/mol. The minimum atomic E-state index is -0.371. The van der Waals surface area contributed by atoms with Crippen molar-refractivity contribution in [1.29, 1.82) is 0 Å². The lowest BCUT2D eigenvalue weighted by Gasteiger charge is -2.22. The molecule has 1 fully saturated rings. The molecule has 0 bridgehead atoms. The highest BCUT2D eigenvalue weighted by atomic mass is 19.1. The summed E-state index contributed by atoms with van der Waals surface area (Å²) in [6, 6.07) is 9.51. The van der Waals surface area contributed by atoms with Gasteiger partial charge in [-0.05, 0) is 44.1 Å². The second kappa shape index (κ2) is 7.88. The van der Waals surface area contributed by atoms with Gasteiger partial charge in [0.15, 0.2) is 0 Å². The van der Waals surface area contributed by atoms with E-state index in [0.29, 0.717) is 18.2 Å². The maximum absolute atomic E-state index is 13.3. The average Bonchev–Trinajstić information content (AvgIpc) is 2.61. The number of nitrogens with zero attached hydrogens (tertiary/aromatic N) is 1. The molecule has 6 heteroatoms. The standard InChI is InChI=1S/C18H20FN3O2/c19-15-4-1-5-16(11-15)24-18-14(3-2-8-21-18)12-22-17(23)13-6-9-20-10-7-13/h1-5,8,11,13,20H,6-7,9-10,12H2,(H,22,23). The number of benzene rings is 1. The molecule has 1 aliphatic rings. The molecule has 126 valence electrons. The van der Waals surface area contributed by atoms with Gasteiger partial charge in [-0.15, -0.1) is 0 Å². The largest absolute Gasteiger partial charge is 0.439 e. The molecule has 2 N–H and O–H groups in total. The van der Waals surface area contributed by atoms with E-state index in [0.717, 1.165) is 31.5 Å². The SMILES string of the molecule is O=C(NCc1cccnc1Oc1cccc(F)c1)C1CCNCC1. The van der Waals surface area contributed by atoms with Crippen molar-refractivity contribution in [3.8, 4) is 11.6 Å². The number of carbonyl (C=O) groups excluding carboxylic acids is 1. The molecule has 5 nitrogen and oxygen atoms in total. The molecule has 2 heterocycles. The molecule has 2 aromatic rings. The van der Waals surface area contributed by atoms with Crippen molar-refractivity contribution in [3.63, 3.8) is 0 Å². The summed E-state index contributed by atoms with van der Waals surface area (Å²) in [5, 5.41) is 6.19. The number of carbonyl (C=O) groups is 1. The number of halogens is 1. The third-order valence-electron chi connectivity index (χ3n) is 4.02. The van der Waals surface area contributed by atoms with Crippen LogP contribution in [0, 0.1) is 11.7 Å². The summed E-state index contributed by atoms with van der Waals surface area (Å²) in [6.45, 7) is 2.08. The van der Waals surface area contributed by atoms with Gasteiger partial charge in [-0.25, -0.2) is 9.37 Å². The molecule has 0 radical (unpaired) electrons. The van der Waals surface area contributed by atoms with Gasteiger partial charge in [0.05, 0.1) is 0 Å². The molecule has 1 aromatic carbocycles. The monoisotopic (exact) mass is 329 g/mol. The first-order chi connectivity index (χ1) is 11.7. The number of rotatable bonds is 5. The number of pyridine rings is 1. The van der Waals surface area contributed by atoms with Gasteiger partial charge in [0.1, 0.15) is 11.6 Å². The van der Waals surface area contributed by atoms with Gasteiger partial charge in [0.2, 0.25) is 11.8 Å². The van der Waals surface area contributed by atoms with E-state index in [1.54, 1.807) is 24.4 Å². The Hall–Kier alpha value is -2.47.